The van der Waals surface area contributed by atoms with Crippen LogP contribution in [0.5, 0.6) is 5.88 Å². The molecule has 8 heteroatoms. The van der Waals surface area contributed by atoms with Crippen LogP contribution in [0.4, 0.5) is 18.0 Å². The summed E-state index contributed by atoms with van der Waals surface area (Å²) in [6.45, 7) is 0.939. The molecule has 1 aliphatic carbocycles. The van der Waals surface area contributed by atoms with Crippen LogP contribution in [0.1, 0.15) is 29.5 Å². The quantitative estimate of drug-likeness (QED) is 0.767. The van der Waals surface area contributed by atoms with Gasteiger partial charge in [0.15, 0.2) is 0 Å². The van der Waals surface area contributed by atoms with Crippen LogP contribution >= 0.6 is 0 Å². The molecular formula is C19H20F3N3O2. The molecule has 1 aromatic carbocycles. The minimum absolute atomic E-state index is 0.00193. The maximum atomic E-state index is 12.7. The number of amides is 2. The van der Waals surface area contributed by atoms with Gasteiger partial charge in [0.25, 0.3) is 0 Å². The van der Waals surface area contributed by atoms with Gasteiger partial charge in [-0.1, -0.05) is 18.2 Å². The standard InChI is InChI=1S/C19H20F3N3O2/c20-19(21,22)16-3-1-2-14(8-16)9-24-18(26)25-11-15-6-7-17(23-10-15)27-12-13-4-5-13/h1-3,6-8,10,13H,4-5,9,11-12H2,(H2,24,25,26). The van der Waals surface area contributed by atoms with Crippen molar-refractivity contribution in [2.24, 2.45) is 5.92 Å². The van der Waals surface area contributed by atoms with Crippen LogP contribution in [0.15, 0.2) is 42.6 Å². The predicted molar refractivity (Wildman–Crippen MR) is 93.0 cm³/mol. The highest BCUT2D eigenvalue weighted by molar-refractivity contribution is 5.73. The molecule has 2 aromatic rings. The average molecular weight is 379 g/mol. The molecule has 27 heavy (non-hydrogen) atoms. The Morgan fingerprint density at radius 3 is 2.48 bits per heavy atom. The lowest BCUT2D eigenvalue weighted by atomic mass is 10.1. The topological polar surface area (TPSA) is 63.2 Å². The SMILES string of the molecule is O=C(NCc1ccc(OCC2CC2)nc1)NCc1cccc(C(F)(F)F)c1. The van der Waals surface area contributed by atoms with E-state index in [1.165, 1.54) is 25.0 Å². The minimum atomic E-state index is -4.40. The third-order valence-electron chi connectivity index (χ3n) is 4.12. The molecule has 0 atom stereocenters. The molecular weight excluding hydrogens is 359 g/mol. The highest BCUT2D eigenvalue weighted by Crippen LogP contribution is 2.30. The van der Waals surface area contributed by atoms with Crippen molar-refractivity contribution in [2.45, 2.75) is 32.1 Å². The molecule has 0 saturated heterocycles. The molecule has 144 valence electrons. The third-order valence-corrected chi connectivity index (χ3v) is 4.12. The molecule has 1 fully saturated rings. The molecule has 5 nitrogen and oxygen atoms in total. The second-order valence-electron chi connectivity index (χ2n) is 6.49. The van der Waals surface area contributed by atoms with Crippen molar-refractivity contribution in [3.8, 4) is 5.88 Å². The Bertz CT molecular complexity index is 775. The summed E-state index contributed by atoms with van der Waals surface area (Å²) < 4.78 is 43.6. The van der Waals surface area contributed by atoms with Gasteiger partial charge in [0.2, 0.25) is 5.88 Å². The van der Waals surface area contributed by atoms with Crippen molar-refractivity contribution in [1.29, 1.82) is 0 Å². The number of carbonyl (C=O) groups excluding carboxylic acids is 1. The van der Waals surface area contributed by atoms with Crippen LogP contribution in [-0.2, 0) is 19.3 Å². The fraction of sp³-hybridized carbons (Fsp3) is 0.368. The summed E-state index contributed by atoms with van der Waals surface area (Å²) in [7, 11) is 0. The van der Waals surface area contributed by atoms with Crippen LogP contribution < -0.4 is 15.4 Å². The molecule has 1 saturated carbocycles. The van der Waals surface area contributed by atoms with E-state index in [4.69, 9.17) is 4.74 Å². The number of hydrogen-bond donors (Lipinski definition) is 2. The lowest BCUT2D eigenvalue weighted by Gasteiger charge is -2.10. The second-order valence-corrected chi connectivity index (χ2v) is 6.49. The van der Waals surface area contributed by atoms with E-state index < -0.39 is 17.8 Å². The number of rotatable bonds is 7. The Morgan fingerprint density at radius 1 is 1.11 bits per heavy atom. The lowest BCUT2D eigenvalue weighted by Crippen LogP contribution is -2.34. The Hall–Kier alpha value is -2.77. The van der Waals surface area contributed by atoms with Crippen molar-refractivity contribution < 1.29 is 22.7 Å². The number of nitrogens with one attached hydrogen (secondary N) is 2. The Labute approximate surface area is 154 Å². The van der Waals surface area contributed by atoms with Crippen LogP contribution in [-0.4, -0.2) is 17.6 Å². The number of hydrogen-bond acceptors (Lipinski definition) is 3. The Kier molecular flexibility index (Phi) is 5.83. The Balaban J connectivity index is 1.41. The monoisotopic (exact) mass is 379 g/mol. The highest BCUT2D eigenvalue weighted by atomic mass is 19.4. The number of urea groups is 1. The maximum Gasteiger partial charge on any atom is 0.416 e. The summed E-state index contributed by atoms with van der Waals surface area (Å²) in [5.41, 5.74) is 0.430. The molecule has 0 spiro atoms. The van der Waals surface area contributed by atoms with Gasteiger partial charge in [0, 0.05) is 25.4 Å². The summed E-state index contributed by atoms with van der Waals surface area (Å²) in [4.78, 5) is 16.0. The highest BCUT2D eigenvalue weighted by Gasteiger charge is 2.30. The van der Waals surface area contributed by atoms with Gasteiger partial charge in [0.05, 0.1) is 12.2 Å². The average Bonchev–Trinajstić information content (AvgIpc) is 3.48. The smallest absolute Gasteiger partial charge is 0.416 e. The zero-order valence-electron chi connectivity index (χ0n) is 14.6. The van der Waals surface area contributed by atoms with Crippen LogP contribution in [0.25, 0.3) is 0 Å². The van der Waals surface area contributed by atoms with Gasteiger partial charge in [-0.15, -0.1) is 0 Å². The summed E-state index contributed by atoms with van der Waals surface area (Å²) in [5.74, 6) is 1.20. The molecule has 1 heterocycles. The molecule has 2 N–H and O–H groups in total. The fourth-order valence-corrected chi connectivity index (χ4v) is 2.37. The number of halogens is 3. The lowest BCUT2D eigenvalue weighted by molar-refractivity contribution is -0.137. The molecule has 3 rings (SSSR count). The van der Waals surface area contributed by atoms with E-state index in [2.05, 4.69) is 15.6 Å². The first-order valence-corrected chi connectivity index (χ1v) is 8.66. The van der Waals surface area contributed by atoms with Gasteiger partial charge in [-0.2, -0.15) is 13.2 Å². The largest absolute Gasteiger partial charge is 0.477 e. The number of pyridine rings is 1. The Morgan fingerprint density at radius 2 is 1.85 bits per heavy atom. The zero-order chi connectivity index (χ0) is 19.3. The van der Waals surface area contributed by atoms with Crippen molar-refractivity contribution in [2.75, 3.05) is 6.61 Å². The summed E-state index contributed by atoms with van der Waals surface area (Å²) in [6, 6.07) is 7.94. The van der Waals surface area contributed by atoms with E-state index in [-0.39, 0.29) is 13.1 Å². The number of carbonyl (C=O) groups is 1. The van der Waals surface area contributed by atoms with Crippen LogP contribution in [0, 0.1) is 5.92 Å². The first kappa shape index (κ1) is 19.0. The number of benzene rings is 1. The third kappa shape index (κ3) is 6.16. The normalized spacial score (nSPS) is 13.9. The summed E-state index contributed by atoms with van der Waals surface area (Å²) >= 11 is 0. The molecule has 0 bridgehead atoms. The van der Waals surface area contributed by atoms with E-state index in [0.29, 0.717) is 24.0 Å². The van der Waals surface area contributed by atoms with Crippen LogP contribution in [0.3, 0.4) is 0 Å². The van der Waals surface area contributed by atoms with Gasteiger partial charge >= 0.3 is 12.2 Å². The molecule has 0 radical (unpaired) electrons. The summed E-state index contributed by atoms with van der Waals surface area (Å²) in [5, 5.41) is 5.18. The van der Waals surface area contributed by atoms with Gasteiger partial charge in [-0.25, -0.2) is 9.78 Å². The number of aromatic nitrogens is 1. The zero-order valence-corrected chi connectivity index (χ0v) is 14.6. The number of alkyl halides is 3. The van der Waals surface area contributed by atoms with Crippen molar-refractivity contribution in [3.63, 3.8) is 0 Å². The summed E-state index contributed by atoms with van der Waals surface area (Å²) in [6.07, 6.45) is -0.371. The predicted octanol–water partition coefficient (Wildman–Crippen LogP) is 3.89. The van der Waals surface area contributed by atoms with E-state index in [1.807, 2.05) is 6.07 Å². The molecule has 1 aromatic heterocycles. The fourth-order valence-electron chi connectivity index (χ4n) is 2.37. The second kappa shape index (κ2) is 8.28. The van der Waals surface area contributed by atoms with Crippen molar-refractivity contribution in [3.05, 3.63) is 59.3 Å². The molecule has 0 unspecified atom stereocenters. The first-order chi connectivity index (χ1) is 12.9. The van der Waals surface area contributed by atoms with Gasteiger partial charge < -0.3 is 15.4 Å². The van der Waals surface area contributed by atoms with Gasteiger partial charge in [-0.3, -0.25) is 0 Å². The van der Waals surface area contributed by atoms with E-state index in [0.717, 1.165) is 17.7 Å². The van der Waals surface area contributed by atoms with E-state index in [9.17, 15) is 18.0 Å². The molecule has 1 aliphatic rings. The number of ether oxygens (including phenoxy) is 1. The van der Waals surface area contributed by atoms with Gasteiger partial charge in [0.1, 0.15) is 0 Å². The minimum Gasteiger partial charge on any atom is -0.477 e. The van der Waals surface area contributed by atoms with Crippen molar-refractivity contribution in [1.82, 2.24) is 15.6 Å². The van der Waals surface area contributed by atoms with Crippen molar-refractivity contribution >= 4 is 6.03 Å². The number of nitrogens with zero attached hydrogens (tertiary/aromatic N) is 1. The molecule has 0 aliphatic heterocycles. The van der Waals surface area contributed by atoms with Crippen LogP contribution in [0.2, 0.25) is 0 Å². The maximum absolute atomic E-state index is 12.7. The molecule has 2 amide bonds. The van der Waals surface area contributed by atoms with Gasteiger partial charge in [-0.05, 0) is 42.0 Å². The van der Waals surface area contributed by atoms with E-state index >= 15 is 0 Å². The first-order valence-electron chi connectivity index (χ1n) is 8.66. The van der Waals surface area contributed by atoms with E-state index in [1.54, 1.807) is 12.3 Å².